The van der Waals surface area contributed by atoms with Crippen LogP contribution in [0.1, 0.15) is 5.56 Å². The summed E-state index contributed by atoms with van der Waals surface area (Å²) in [7, 11) is -3.63. The highest BCUT2D eigenvalue weighted by molar-refractivity contribution is 7.89. The van der Waals surface area contributed by atoms with Crippen molar-refractivity contribution in [2.45, 2.75) is 11.4 Å². The van der Waals surface area contributed by atoms with Gasteiger partial charge in [-0.05, 0) is 53.1 Å². The molecule has 0 saturated heterocycles. The van der Waals surface area contributed by atoms with Gasteiger partial charge >= 0.3 is 0 Å². The number of hydrogen-bond acceptors (Lipinski definition) is 5. The van der Waals surface area contributed by atoms with Gasteiger partial charge in [0.1, 0.15) is 0 Å². The normalized spacial score (nSPS) is 11.6. The lowest BCUT2D eigenvalue weighted by molar-refractivity contribution is 0.581. The molecule has 0 aliphatic rings. The summed E-state index contributed by atoms with van der Waals surface area (Å²) in [6, 6.07) is 15.4. The van der Waals surface area contributed by atoms with Crippen molar-refractivity contribution in [3.8, 4) is 11.1 Å². The van der Waals surface area contributed by atoms with Crippen LogP contribution < -0.4 is 10.3 Å². The van der Waals surface area contributed by atoms with Gasteiger partial charge < -0.3 is 4.98 Å². The molecule has 0 amide bonds. The number of aromatic amines is 1. The van der Waals surface area contributed by atoms with E-state index in [0.717, 1.165) is 16.7 Å². The second-order valence-electron chi connectivity index (χ2n) is 6.17. The van der Waals surface area contributed by atoms with Crippen LogP contribution in [0.2, 0.25) is 0 Å². The highest BCUT2D eigenvalue weighted by Crippen LogP contribution is 2.23. The SMILES string of the molecule is O=c1[nH]cnc2ccc(-c3ccc(S(=O)(=O)NCc4ccncc4)cc3)cc12. The van der Waals surface area contributed by atoms with Gasteiger partial charge in [-0.15, -0.1) is 0 Å². The minimum atomic E-state index is -3.63. The minimum absolute atomic E-state index is 0.172. The van der Waals surface area contributed by atoms with Gasteiger partial charge in [-0.1, -0.05) is 18.2 Å². The molecule has 8 heteroatoms. The number of sulfonamides is 1. The second-order valence-corrected chi connectivity index (χ2v) is 7.93. The van der Waals surface area contributed by atoms with E-state index in [1.54, 1.807) is 60.9 Å². The molecule has 2 N–H and O–H groups in total. The molecule has 0 radical (unpaired) electrons. The average Bonchev–Trinajstić information content (AvgIpc) is 2.73. The number of aromatic nitrogens is 3. The van der Waals surface area contributed by atoms with Crippen LogP contribution in [-0.4, -0.2) is 23.4 Å². The molecular weight excluding hydrogens is 376 g/mol. The zero-order valence-corrected chi connectivity index (χ0v) is 15.5. The van der Waals surface area contributed by atoms with Crippen LogP contribution in [0.4, 0.5) is 0 Å². The molecule has 2 heterocycles. The average molecular weight is 392 g/mol. The van der Waals surface area contributed by atoms with E-state index in [9.17, 15) is 13.2 Å². The number of hydrogen-bond donors (Lipinski definition) is 2. The summed E-state index contributed by atoms with van der Waals surface area (Å²) in [6.07, 6.45) is 4.59. The molecule has 0 fully saturated rings. The molecule has 2 aromatic heterocycles. The van der Waals surface area contributed by atoms with Crippen LogP contribution in [0.5, 0.6) is 0 Å². The highest BCUT2D eigenvalue weighted by Gasteiger charge is 2.14. The van der Waals surface area contributed by atoms with Crippen LogP contribution in [0, 0.1) is 0 Å². The Kier molecular flexibility index (Phi) is 4.72. The van der Waals surface area contributed by atoms with Gasteiger partial charge in [0.15, 0.2) is 0 Å². The van der Waals surface area contributed by atoms with E-state index >= 15 is 0 Å². The van der Waals surface area contributed by atoms with E-state index in [0.29, 0.717) is 10.9 Å². The summed E-state index contributed by atoms with van der Waals surface area (Å²) in [5, 5.41) is 0.482. The van der Waals surface area contributed by atoms with Crippen molar-refractivity contribution in [3.05, 3.63) is 89.2 Å². The lowest BCUT2D eigenvalue weighted by Gasteiger charge is -2.08. The quantitative estimate of drug-likeness (QED) is 0.543. The summed E-state index contributed by atoms with van der Waals surface area (Å²) >= 11 is 0. The van der Waals surface area contributed by atoms with Crippen LogP contribution in [-0.2, 0) is 16.6 Å². The molecule has 4 aromatic rings. The fourth-order valence-electron chi connectivity index (χ4n) is 2.84. The summed E-state index contributed by atoms with van der Waals surface area (Å²) in [5.74, 6) is 0. The number of nitrogens with one attached hydrogen (secondary N) is 2. The topological polar surface area (TPSA) is 105 Å². The van der Waals surface area contributed by atoms with Crippen molar-refractivity contribution in [2.75, 3.05) is 0 Å². The van der Waals surface area contributed by atoms with Crippen LogP contribution in [0.3, 0.4) is 0 Å². The molecule has 0 spiro atoms. The second kappa shape index (κ2) is 7.34. The lowest BCUT2D eigenvalue weighted by atomic mass is 10.0. The number of benzene rings is 2. The number of pyridine rings is 1. The Balaban J connectivity index is 1.58. The zero-order valence-electron chi connectivity index (χ0n) is 14.7. The number of fused-ring (bicyclic) bond motifs is 1. The Hall–Kier alpha value is -3.36. The van der Waals surface area contributed by atoms with E-state index in [1.807, 2.05) is 6.07 Å². The van der Waals surface area contributed by atoms with E-state index in [2.05, 4.69) is 19.7 Å². The maximum atomic E-state index is 12.5. The van der Waals surface area contributed by atoms with E-state index < -0.39 is 10.0 Å². The van der Waals surface area contributed by atoms with Crippen molar-refractivity contribution >= 4 is 20.9 Å². The molecule has 0 saturated carbocycles. The van der Waals surface area contributed by atoms with Crippen LogP contribution in [0.25, 0.3) is 22.0 Å². The third-order valence-electron chi connectivity index (χ3n) is 4.35. The van der Waals surface area contributed by atoms with Gasteiger partial charge in [0.2, 0.25) is 10.0 Å². The largest absolute Gasteiger partial charge is 0.313 e. The summed E-state index contributed by atoms with van der Waals surface area (Å²) in [6.45, 7) is 0.188. The number of nitrogens with zero attached hydrogens (tertiary/aromatic N) is 2. The number of rotatable bonds is 5. The molecule has 4 rings (SSSR count). The minimum Gasteiger partial charge on any atom is -0.313 e. The van der Waals surface area contributed by atoms with Crippen molar-refractivity contribution in [3.63, 3.8) is 0 Å². The first-order chi connectivity index (χ1) is 13.5. The van der Waals surface area contributed by atoms with Crippen molar-refractivity contribution in [2.24, 2.45) is 0 Å². The molecular formula is C20H16N4O3S. The van der Waals surface area contributed by atoms with Crippen molar-refractivity contribution in [1.82, 2.24) is 19.7 Å². The molecule has 0 atom stereocenters. The first-order valence-electron chi connectivity index (χ1n) is 8.49. The fourth-order valence-corrected chi connectivity index (χ4v) is 3.85. The third-order valence-corrected chi connectivity index (χ3v) is 5.77. The molecule has 7 nitrogen and oxygen atoms in total. The van der Waals surface area contributed by atoms with Gasteiger partial charge in [-0.2, -0.15) is 0 Å². The molecule has 140 valence electrons. The van der Waals surface area contributed by atoms with Gasteiger partial charge in [-0.25, -0.2) is 18.1 Å². The Morgan fingerprint density at radius 2 is 1.64 bits per heavy atom. The molecule has 28 heavy (non-hydrogen) atoms. The van der Waals surface area contributed by atoms with E-state index in [1.165, 1.54) is 6.33 Å². The number of H-pyrrole nitrogens is 1. The standard InChI is InChI=1S/C20H16N4O3S/c25-20-18-11-16(3-6-19(18)22-13-23-20)15-1-4-17(5-2-15)28(26,27)24-12-14-7-9-21-10-8-14/h1-11,13,24H,12H2,(H,22,23,25). The molecule has 0 aliphatic carbocycles. The van der Waals surface area contributed by atoms with Gasteiger partial charge in [0.05, 0.1) is 22.1 Å². The van der Waals surface area contributed by atoms with Crippen molar-refractivity contribution < 1.29 is 8.42 Å². The lowest BCUT2D eigenvalue weighted by Crippen LogP contribution is -2.23. The monoisotopic (exact) mass is 392 g/mol. The first-order valence-corrected chi connectivity index (χ1v) is 9.98. The molecule has 2 aromatic carbocycles. The zero-order chi connectivity index (χ0) is 19.6. The van der Waals surface area contributed by atoms with E-state index in [-0.39, 0.29) is 17.0 Å². The fraction of sp³-hybridized carbons (Fsp3) is 0.0500. The Labute approximate surface area is 161 Å². The maximum Gasteiger partial charge on any atom is 0.258 e. The third kappa shape index (κ3) is 3.68. The van der Waals surface area contributed by atoms with Crippen LogP contribution >= 0.6 is 0 Å². The highest BCUT2D eigenvalue weighted by atomic mass is 32.2. The van der Waals surface area contributed by atoms with Crippen LogP contribution in [0.15, 0.2) is 83.0 Å². The van der Waals surface area contributed by atoms with Gasteiger partial charge in [0.25, 0.3) is 5.56 Å². The Morgan fingerprint density at radius 3 is 2.39 bits per heavy atom. The first kappa shape index (κ1) is 18.0. The summed E-state index contributed by atoms with van der Waals surface area (Å²) in [4.78, 5) is 22.7. The molecule has 0 bridgehead atoms. The molecule has 0 unspecified atom stereocenters. The Morgan fingerprint density at radius 1 is 0.929 bits per heavy atom. The predicted molar refractivity (Wildman–Crippen MR) is 106 cm³/mol. The van der Waals surface area contributed by atoms with Gasteiger partial charge in [0, 0.05) is 18.9 Å². The smallest absolute Gasteiger partial charge is 0.258 e. The van der Waals surface area contributed by atoms with Gasteiger partial charge in [-0.3, -0.25) is 9.78 Å². The maximum absolute atomic E-state index is 12.5. The van der Waals surface area contributed by atoms with E-state index in [4.69, 9.17) is 0 Å². The van der Waals surface area contributed by atoms with Crippen molar-refractivity contribution in [1.29, 1.82) is 0 Å². The molecule has 0 aliphatic heterocycles. The predicted octanol–water partition coefficient (Wildman–Crippen LogP) is 2.46. The summed E-state index contributed by atoms with van der Waals surface area (Å²) in [5.41, 5.74) is 2.82. The summed E-state index contributed by atoms with van der Waals surface area (Å²) < 4.78 is 27.6. The Bertz CT molecular complexity index is 1280.